The highest BCUT2D eigenvalue weighted by atomic mass is 35.5. The van der Waals surface area contributed by atoms with Crippen LogP contribution in [0.15, 0.2) is 54.2 Å². The second-order valence-electron chi connectivity index (χ2n) is 6.20. The van der Waals surface area contributed by atoms with Gasteiger partial charge in [0, 0.05) is 24.3 Å². The van der Waals surface area contributed by atoms with Crippen molar-refractivity contribution < 1.29 is 14.3 Å². The van der Waals surface area contributed by atoms with Gasteiger partial charge in [-0.3, -0.25) is 4.79 Å². The zero-order valence-corrected chi connectivity index (χ0v) is 17.3. The van der Waals surface area contributed by atoms with Crippen LogP contribution in [0.5, 0.6) is 11.5 Å². The van der Waals surface area contributed by atoms with Crippen molar-refractivity contribution in [3.63, 3.8) is 0 Å². The van der Waals surface area contributed by atoms with Crippen molar-refractivity contribution in [2.45, 2.75) is 12.8 Å². The van der Waals surface area contributed by atoms with E-state index in [1.807, 2.05) is 48.5 Å². The number of hydrogen-bond donors (Lipinski definition) is 2. The summed E-state index contributed by atoms with van der Waals surface area (Å²) < 4.78 is 10.5. The smallest absolute Gasteiger partial charge is 0.263 e. The Kier molecular flexibility index (Phi) is 8.87. The summed E-state index contributed by atoms with van der Waals surface area (Å²) in [5.41, 5.74) is 2.15. The van der Waals surface area contributed by atoms with Gasteiger partial charge in [-0.2, -0.15) is 5.26 Å². The first-order valence-electron chi connectivity index (χ1n) is 9.14. The highest BCUT2D eigenvalue weighted by Crippen LogP contribution is 2.27. The van der Waals surface area contributed by atoms with Crippen molar-refractivity contribution in [2.24, 2.45) is 0 Å². The molecule has 2 aromatic carbocycles. The Morgan fingerprint density at radius 1 is 1.03 bits per heavy atom. The molecule has 0 radical (unpaired) electrons. The minimum absolute atomic E-state index is 0.0356. The lowest BCUT2D eigenvalue weighted by atomic mass is 10.1. The third-order valence-corrected chi connectivity index (χ3v) is 4.48. The molecule has 0 fully saturated rings. The van der Waals surface area contributed by atoms with Crippen molar-refractivity contribution >= 4 is 17.5 Å². The lowest BCUT2D eigenvalue weighted by Gasteiger charge is -2.10. The number of halogens is 1. The van der Waals surface area contributed by atoms with Gasteiger partial charge in [0.2, 0.25) is 0 Å². The van der Waals surface area contributed by atoms with Crippen LogP contribution in [0, 0.1) is 11.3 Å². The molecule has 0 aliphatic rings. The first-order chi connectivity index (χ1) is 14.1. The molecule has 0 atom stereocenters. The molecule has 0 aliphatic carbocycles. The minimum Gasteiger partial charge on any atom is -0.493 e. The Hall–Kier alpha value is -3.17. The summed E-state index contributed by atoms with van der Waals surface area (Å²) in [7, 11) is 3.16. The molecule has 29 heavy (non-hydrogen) atoms. The summed E-state index contributed by atoms with van der Waals surface area (Å²) in [6.45, 7) is 1.00. The lowest BCUT2D eigenvalue weighted by Crippen LogP contribution is -2.28. The third kappa shape index (κ3) is 7.05. The normalized spacial score (nSPS) is 10.8. The number of methoxy groups -OCH3 is 2. The molecule has 152 valence electrons. The number of hydrogen-bond acceptors (Lipinski definition) is 5. The highest BCUT2D eigenvalue weighted by Gasteiger charge is 2.09. The molecular formula is C22H24ClN3O3. The highest BCUT2D eigenvalue weighted by molar-refractivity contribution is 6.30. The van der Waals surface area contributed by atoms with E-state index in [4.69, 9.17) is 21.1 Å². The van der Waals surface area contributed by atoms with Crippen molar-refractivity contribution in [1.82, 2.24) is 10.6 Å². The summed E-state index contributed by atoms with van der Waals surface area (Å²) in [5.74, 6) is 0.880. The number of carbonyl (C=O) groups excluding carboxylic acids is 1. The van der Waals surface area contributed by atoms with Crippen LogP contribution in [0.3, 0.4) is 0 Å². The Morgan fingerprint density at radius 2 is 1.69 bits per heavy atom. The number of ether oxygens (including phenoxy) is 2. The molecule has 0 heterocycles. The molecule has 2 N–H and O–H groups in total. The number of rotatable bonds is 10. The maximum Gasteiger partial charge on any atom is 0.263 e. The summed E-state index contributed by atoms with van der Waals surface area (Å²) >= 11 is 5.86. The first kappa shape index (κ1) is 22.1. The van der Waals surface area contributed by atoms with Gasteiger partial charge in [-0.05, 0) is 48.2 Å². The van der Waals surface area contributed by atoms with Crippen molar-refractivity contribution in [3.8, 4) is 17.6 Å². The average Bonchev–Trinajstić information content (AvgIpc) is 2.74. The molecule has 0 saturated carbocycles. The minimum atomic E-state index is -0.410. The van der Waals surface area contributed by atoms with Crippen LogP contribution in [0.2, 0.25) is 5.02 Å². The van der Waals surface area contributed by atoms with Crippen LogP contribution in [-0.2, 0) is 17.6 Å². The molecule has 0 aromatic heterocycles. The molecule has 0 saturated heterocycles. The van der Waals surface area contributed by atoms with Crippen molar-refractivity contribution in [2.75, 3.05) is 27.3 Å². The molecular weight excluding hydrogens is 390 g/mol. The predicted octanol–water partition coefficient (Wildman–Crippen LogP) is 3.26. The quantitative estimate of drug-likeness (QED) is 0.355. The summed E-state index contributed by atoms with van der Waals surface area (Å²) in [6, 6.07) is 15.1. The van der Waals surface area contributed by atoms with Crippen LogP contribution in [-0.4, -0.2) is 33.2 Å². The third-order valence-electron chi connectivity index (χ3n) is 4.23. The fourth-order valence-electron chi connectivity index (χ4n) is 2.64. The van der Waals surface area contributed by atoms with E-state index in [2.05, 4.69) is 10.6 Å². The Bertz CT molecular complexity index is 889. The number of benzene rings is 2. The Morgan fingerprint density at radius 3 is 2.34 bits per heavy atom. The number of nitriles is 1. The molecule has 1 amide bonds. The average molecular weight is 414 g/mol. The van der Waals surface area contributed by atoms with E-state index < -0.39 is 5.91 Å². The largest absolute Gasteiger partial charge is 0.493 e. The van der Waals surface area contributed by atoms with Gasteiger partial charge in [0.15, 0.2) is 11.5 Å². The standard InChI is InChI=1S/C22H24ClN3O3/c1-28-20-8-5-17(13-21(20)29-2)10-12-26-22(27)18(14-24)15-25-11-9-16-3-6-19(23)7-4-16/h3-8,13,15,25H,9-12H2,1-2H3,(H,26,27)/b18-15-. The SMILES string of the molecule is COc1ccc(CCNC(=O)/C(C#N)=C\NCCc2ccc(Cl)cc2)cc1OC. The summed E-state index contributed by atoms with van der Waals surface area (Å²) in [4.78, 5) is 12.2. The molecule has 0 spiro atoms. The van der Waals surface area contributed by atoms with Crippen LogP contribution in [0.4, 0.5) is 0 Å². The molecule has 6 nitrogen and oxygen atoms in total. The Labute approximate surface area is 176 Å². The van der Waals surface area contributed by atoms with Crippen molar-refractivity contribution in [1.29, 1.82) is 5.26 Å². The van der Waals surface area contributed by atoms with E-state index in [9.17, 15) is 10.1 Å². The summed E-state index contributed by atoms with van der Waals surface area (Å²) in [5, 5.41) is 15.7. The van der Waals surface area contributed by atoms with Gasteiger partial charge in [-0.25, -0.2) is 0 Å². The van der Waals surface area contributed by atoms with Gasteiger partial charge in [0.25, 0.3) is 5.91 Å². The lowest BCUT2D eigenvalue weighted by molar-refractivity contribution is -0.117. The molecule has 2 rings (SSSR count). The van der Waals surface area contributed by atoms with Gasteiger partial charge in [-0.15, -0.1) is 0 Å². The maximum atomic E-state index is 12.2. The predicted molar refractivity (Wildman–Crippen MR) is 113 cm³/mol. The molecule has 0 unspecified atom stereocenters. The zero-order chi connectivity index (χ0) is 21.1. The fourth-order valence-corrected chi connectivity index (χ4v) is 2.77. The number of nitrogens with zero attached hydrogens (tertiary/aromatic N) is 1. The number of amides is 1. The summed E-state index contributed by atoms with van der Waals surface area (Å²) in [6.07, 6.45) is 2.81. The first-order valence-corrected chi connectivity index (χ1v) is 9.52. The fraction of sp³-hybridized carbons (Fsp3) is 0.273. The topological polar surface area (TPSA) is 83.4 Å². The van der Waals surface area contributed by atoms with Crippen LogP contribution >= 0.6 is 11.6 Å². The molecule has 7 heteroatoms. The zero-order valence-electron chi connectivity index (χ0n) is 16.5. The van der Waals surface area contributed by atoms with E-state index in [-0.39, 0.29) is 5.57 Å². The van der Waals surface area contributed by atoms with Crippen LogP contribution < -0.4 is 20.1 Å². The van der Waals surface area contributed by atoms with Gasteiger partial charge < -0.3 is 20.1 Å². The number of carbonyl (C=O) groups is 1. The van der Waals surface area contributed by atoms with Crippen molar-refractivity contribution in [3.05, 3.63) is 70.4 Å². The van der Waals surface area contributed by atoms with E-state index in [0.29, 0.717) is 36.0 Å². The Balaban J connectivity index is 1.79. The van der Waals surface area contributed by atoms with Gasteiger partial charge in [0.05, 0.1) is 14.2 Å². The van der Waals surface area contributed by atoms with E-state index in [1.54, 1.807) is 14.2 Å². The van der Waals surface area contributed by atoms with E-state index >= 15 is 0 Å². The van der Waals surface area contributed by atoms with Gasteiger partial charge >= 0.3 is 0 Å². The van der Waals surface area contributed by atoms with E-state index in [0.717, 1.165) is 17.5 Å². The molecule has 0 aliphatic heterocycles. The molecule has 2 aromatic rings. The van der Waals surface area contributed by atoms with Gasteiger partial charge in [-0.1, -0.05) is 29.8 Å². The van der Waals surface area contributed by atoms with Gasteiger partial charge in [0.1, 0.15) is 11.6 Å². The second-order valence-corrected chi connectivity index (χ2v) is 6.63. The monoisotopic (exact) mass is 413 g/mol. The molecule has 0 bridgehead atoms. The number of nitrogens with one attached hydrogen (secondary N) is 2. The second kappa shape index (κ2) is 11.6. The van der Waals surface area contributed by atoms with Crippen LogP contribution in [0.25, 0.3) is 0 Å². The maximum absolute atomic E-state index is 12.2. The van der Waals surface area contributed by atoms with E-state index in [1.165, 1.54) is 6.20 Å². The van der Waals surface area contributed by atoms with Crippen LogP contribution in [0.1, 0.15) is 11.1 Å².